The quantitative estimate of drug-likeness (QED) is 0.583. The molecule has 3 aromatic rings. The molecule has 1 unspecified atom stereocenters. The largest absolute Gasteiger partial charge is 0.383 e. The molecule has 6 heteroatoms. The van der Waals surface area contributed by atoms with Crippen molar-refractivity contribution in [2.75, 3.05) is 5.73 Å². The number of nitrogen functional groups attached to an aromatic ring is 1. The second kappa shape index (κ2) is 6.34. The van der Waals surface area contributed by atoms with Crippen LogP contribution in [0.4, 0.5) is 5.82 Å². The number of nitrogens with zero attached hydrogens (tertiary/aromatic N) is 3. The number of aryl methyl sites for hydroxylation is 1. The second-order valence-electron chi connectivity index (χ2n) is 4.96. The maximum absolute atomic E-state index is 9.39. The van der Waals surface area contributed by atoms with Crippen molar-refractivity contribution in [1.82, 2.24) is 9.97 Å². The highest BCUT2D eigenvalue weighted by molar-refractivity contribution is 8.00. The van der Waals surface area contributed by atoms with E-state index in [4.69, 9.17) is 5.73 Å². The Labute approximate surface area is 137 Å². The second-order valence-corrected chi connectivity index (χ2v) is 7.02. The number of thioether (sulfide) groups is 1. The predicted molar refractivity (Wildman–Crippen MR) is 92.0 cm³/mol. The van der Waals surface area contributed by atoms with Gasteiger partial charge in [-0.15, -0.1) is 11.3 Å². The summed E-state index contributed by atoms with van der Waals surface area (Å²) in [5.74, 6) is 0.473. The molecule has 0 fully saturated rings. The van der Waals surface area contributed by atoms with Gasteiger partial charge in [0.1, 0.15) is 15.9 Å². The van der Waals surface area contributed by atoms with E-state index in [2.05, 4.69) is 40.3 Å². The lowest BCUT2D eigenvalue weighted by Crippen LogP contribution is -2.06. The standard InChI is InChI=1S/C16H14N4S2/c1-10-2-4-11(5-3-10)8-12(9-17)22-16-19-14(18)13-6-7-21-15(13)20-16/h2-7,12H,8H2,1H3,(H2,18,19,20). The molecule has 0 aliphatic rings. The minimum Gasteiger partial charge on any atom is -0.383 e. The molecule has 4 nitrogen and oxygen atoms in total. The van der Waals surface area contributed by atoms with Gasteiger partial charge in [-0.05, 0) is 30.4 Å². The molecule has 2 heterocycles. The predicted octanol–water partition coefficient (Wildman–Crippen LogP) is 3.81. The molecule has 0 saturated heterocycles. The minimum absolute atomic E-state index is 0.237. The first kappa shape index (κ1) is 14.8. The van der Waals surface area contributed by atoms with E-state index in [0.717, 1.165) is 15.8 Å². The number of thiophene rings is 1. The van der Waals surface area contributed by atoms with Crippen molar-refractivity contribution < 1.29 is 0 Å². The number of anilines is 1. The number of hydrogen-bond acceptors (Lipinski definition) is 6. The summed E-state index contributed by atoms with van der Waals surface area (Å²) in [7, 11) is 0. The van der Waals surface area contributed by atoms with E-state index in [1.54, 1.807) is 0 Å². The van der Waals surface area contributed by atoms with Crippen LogP contribution in [0.2, 0.25) is 0 Å². The van der Waals surface area contributed by atoms with Gasteiger partial charge in [0.2, 0.25) is 0 Å². The van der Waals surface area contributed by atoms with Crippen molar-refractivity contribution in [3.05, 3.63) is 46.8 Å². The number of benzene rings is 1. The molecular weight excluding hydrogens is 312 g/mol. The summed E-state index contributed by atoms with van der Waals surface area (Å²) in [6.45, 7) is 2.05. The number of fused-ring (bicyclic) bond motifs is 1. The molecule has 1 atom stereocenters. The molecule has 0 aliphatic heterocycles. The van der Waals surface area contributed by atoms with Crippen molar-refractivity contribution >= 4 is 39.1 Å². The van der Waals surface area contributed by atoms with Crippen LogP contribution in [-0.4, -0.2) is 15.2 Å². The van der Waals surface area contributed by atoms with E-state index >= 15 is 0 Å². The van der Waals surface area contributed by atoms with E-state index in [0.29, 0.717) is 17.4 Å². The van der Waals surface area contributed by atoms with Gasteiger partial charge >= 0.3 is 0 Å². The maximum Gasteiger partial charge on any atom is 0.192 e. The zero-order valence-electron chi connectivity index (χ0n) is 12.0. The van der Waals surface area contributed by atoms with Crippen LogP contribution in [0.15, 0.2) is 40.9 Å². The van der Waals surface area contributed by atoms with Crippen molar-refractivity contribution in [2.24, 2.45) is 0 Å². The highest BCUT2D eigenvalue weighted by Gasteiger charge is 2.14. The summed E-state index contributed by atoms with van der Waals surface area (Å²) in [6, 6.07) is 12.5. The average Bonchev–Trinajstić information content (AvgIpc) is 2.98. The van der Waals surface area contributed by atoms with Gasteiger partial charge in [-0.2, -0.15) is 5.26 Å². The Morgan fingerprint density at radius 3 is 2.77 bits per heavy atom. The summed E-state index contributed by atoms with van der Waals surface area (Å²) in [6.07, 6.45) is 0.660. The lowest BCUT2D eigenvalue weighted by molar-refractivity contribution is 0.979. The molecule has 0 radical (unpaired) electrons. The molecule has 0 aliphatic carbocycles. The smallest absolute Gasteiger partial charge is 0.192 e. The Bertz CT molecular complexity index is 833. The van der Waals surface area contributed by atoms with Gasteiger partial charge in [0, 0.05) is 0 Å². The summed E-state index contributed by atoms with van der Waals surface area (Å²) in [4.78, 5) is 9.64. The normalized spacial score (nSPS) is 12.2. The SMILES string of the molecule is Cc1ccc(CC(C#N)Sc2nc(N)c3ccsc3n2)cc1. The molecule has 22 heavy (non-hydrogen) atoms. The van der Waals surface area contributed by atoms with E-state index in [1.165, 1.54) is 28.7 Å². The van der Waals surface area contributed by atoms with E-state index < -0.39 is 0 Å². The van der Waals surface area contributed by atoms with Gasteiger partial charge < -0.3 is 5.73 Å². The Morgan fingerprint density at radius 1 is 1.27 bits per heavy atom. The fourth-order valence-electron chi connectivity index (χ4n) is 2.09. The highest BCUT2D eigenvalue weighted by Crippen LogP contribution is 2.29. The van der Waals surface area contributed by atoms with Crippen molar-refractivity contribution in [1.29, 1.82) is 5.26 Å². The summed E-state index contributed by atoms with van der Waals surface area (Å²) >= 11 is 2.89. The topological polar surface area (TPSA) is 75.6 Å². The van der Waals surface area contributed by atoms with Gasteiger partial charge in [0.05, 0.1) is 11.5 Å². The molecule has 2 N–H and O–H groups in total. The van der Waals surface area contributed by atoms with Crippen LogP contribution < -0.4 is 5.73 Å². The number of hydrogen-bond donors (Lipinski definition) is 1. The molecule has 0 saturated carbocycles. The Hall–Kier alpha value is -2.10. The third kappa shape index (κ3) is 3.21. The van der Waals surface area contributed by atoms with Gasteiger partial charge in [0.25, 0.3) is 0 Å². The van der Waals surface area contributed by atoms with Crippen LogP contribution in [0.3, 0.4) is 0 Å². The monoisotopic (exact) mass is 326 g/mol. The van der Waals surface area contributed by atoms with Crippen molar-refractivity contribution in [2.45, 2.75) is 23.8 Å². The van der Waals surface area contributed by atoms with Gasteiger partial charge in [-0.1, -0.05) is 41.6 Å². The average molecular weight is 326 g/mol. The molecule has 1 aromatic carbocycles. The van der Waals surface area contributed by atoms with Crippen LogP contribution in [0.1, 0.15) is 11.1 Å². The van der Waals surface area contributed by atoms with Crippen LogP contribution >= 0.6 is 23.1 Å². The Balaban J connectivity index is 1.79. The Kier molecular flexibility index (Phi) is 4.27. The van der Waals surface area contributed by atoms with E-state index in [-0.39, 0.29) is 5.25 Å². The number of nitriles is 1. The van der Waals surface area contributed by atoms with Crippen LogP contribution in [0.5, 0.6) is 0 Å². The maximum atomic E-state index is 9.39. The summed E-state index contributed by atoms with van der Waals surface area (Å²) in [5, 5.41) is 12.5. The molecule has 3 rings (SSSR count). The van der Waals surface area contributed by atoms with Crippen LogP contribution in [-0.2, 0) is 6.42 Å². The number of nitrogens with two attached hydrogens (primary N) is 1. The zero-order valence-corrected chi connectivity index (χ0v) is 13.6. The van der Waals surface area contributed by atoms with Crippen molar-refractivity contribution in [3.63, 3.8) is 0 Å². The fraction of sp³-hybridized carbons (Fsp3) is 0.188. The minimum atomic E-state index is -0.237. The van der Waals surface area contributed by atoms with E-state index in [1.807, 2.05) is 18.4 Å². The number of aromatic nitrogens is 2. The molecular formula is C16H14N4S2. The molecule has 0 amide bonds. The van der Waals surface area contributed by atoms with Crippen LogP contribution in [0.25, 0.3) is 10.2 Å². The first-order valence-electron chi connectivity index (χ1n) is 6.78. The molecule has 0 spiro atoms. The van der Waals surface area contributed by atoms with E-state index in [9.17, 15) is 5.26 Å². The lowest BCUT2D eigenvalue weighted by atomic mass is 10.1. The first-order chi connectivity index (χ1) is 10.7. The van der Waals surface area contributed by atoms with Gasteiger partial charge in [-0.25, -0.2) is 9.97 Å². The summed E-state index contributed by atoms with van der Waals surface area (Å²) < 4.78 is 0. The van der Waals surface area contributed by atoms with Gasteiger partial charge in [-0.3, -0.25) is 0 Å². The molecule has 2 aromatic heterocycles. The molecule has 0 bridgehead atoms. The Morgan fingerprint density at radius 2 is 2.05 bits per heavy atom. The third-order valence-corrected chi connectivity index (χ3v) is 5.02. The van der Waals surface area contributed by atoms with Gasteiger partial charge in [0.15, 0.2) is 5.16 Å². The number of rotatable bonds is 4. The third-order valence-electron chi connectivity index (χ3n) is 3.27. The molecule has 110 valence electrons. The fourth-order valence-corrected chi connectivity index (χ4v) is 3.80. The van der Waals surface area contributed by atoms with Crippen molar-refractivity contribution in [3.8, 4) is 6.07 Å². The highest BCUT2D eigenvalue weighted by atomic mass is 32.2. The lowest BCUT2D eigenvalue weighted by Gasteiger charge is -2.09. The zero-order chi connectivity index (χ0) is 15.5. The first-order valence-corrected chi connectivity index (χ1v) is 8.54. The van der Waals surface area contributed by atoms with Crippen LogP contribution in [0, 0.1) is 18.3 Å². The summed E-state index contributed by atoms with van der Waals surface area (Å²) in [5.41, 5.74) is 8.29.